The molecule has 0 spiro atoms. The molecule has 0 saturated heterocycles. The molecule has 21 heavy (non-hydrogen) atoms. The van der Waals surface area contributed by atoms with E-state index in [9.17, 15) is 0 Å². The molecule has 0 aliphatic carbocycles. The van der Waals surface area contributed by atoms with Gasteiger partial charge in [0.15, 0.2) is 0 Å². The van der Waals surface area contributed by atoms with Crippen LogP contribution in [0.25, 0.3) is 22.4 Å². The fraction of sp³-hybridized carbons (Fsp3) is 0.118. The van der Waals surface area contributed by atoms with Crippen molar-refractivity contribution in [2.75, 3.05) is 14.2 Å². The molecule has 2 aromatic carbocycles. The zero-order valence-electron chi connectivity index (χ0n) is 11.9. The minimum absolute atomic E-state index is 0.781. The predicted molar refractivity (Wildman–Crippen MR) is 88.1 cm³/mol. The van der Waals surface area contributed by atoms with Crippen molar-refractivity contribution in [3.63, 3.8) is 0 Å². The Balaban J connectivity index is 1.91. The summed E-state index contributed by atoms with van der Waals surface area (Å²) in [5, 5.41) is 0.981. The molecule has 0 amide bonds. The van der Waals surface area contributed by atoms with Crippen molar-refractivity contribution in [3.8, 4) is 11.5 Å². The van der Waals surface area contributed by atoms with Gasteiger partial charge in [-0.25, -0.2) is 4.98 Å². The molecule has 4 heteroatoms. The fourth-order valence-corrected chi connectivity index (χ4v) is 2.95. The Kier molecular flexibility index (Phi) is 3.88. The van der Waals surface area contributed by atoms with Gasteiger partial charge in [0, 0.05) is 11.6 Å². The Morgan fingerprint density at radius 3 is 2.62 bits per heavy atom. The van der Waals surface area contributed by atoms with Crippen molar-refractivity contribution in [2.45, 2.75) is 0 Å². The van der Waals surface area contributed by atoms with Gasteiger partial charge in [-0.3, -0.25) is 0 Å². The third-order valence-corrected chi connectivity index (χ3v) is 4.16. The molecule has 3 rings (SSSR count). The number of nitrogens with zero attached hydrogens (tertiary/aromatic N) is 1. The van der Waals surface area contributed by atoms with Gasteiger partial charge in [-0.1, -0.05) is 12.1 Å². The Hall–Kier alpha value is -2.33. The van der Waals surface area contributed by atoms with E-state index < -0.39 is 0 Å². The highest BCUT2D eigenvalue weighted by atomic mass is 32.1. The van der Waals surface area contributed by atoms with Gasteiger partial charge in [0.05, 0.1) is 24.4 Å². The summed E-state index contributed by atoms with van der Waals surface area (Å²) in [5.41, 5.74) is 2.03. The van der Waals surface area contributed by atoms with Crippen LogP contribution in [0.15, 0.2) is 42.5 Å². The van der Waals surface area contributed by atoms with Crippen molar-refractivity contribution in [1.82, 2.24) is 4.98 Å². The lowest BCUT2D eigenvalue weighted by Gasteiger charge is -2.06. The molecular weight excluding hydrogens is 282 g/mol. The third kappa shape index (κ3) is 2.90. The van der Waals surface area contributed by atoms with Crippen molar-refractivity contribution in [3.05, 3.63) is 53.0 Å². The first-order chi connectivity index (χ1) is 10.3. The molecule has 106 valence electrons. The first-order valence-corrected chi connectivity index (χ1v) is 7.37. The second kappa shape index (κ2) is 5.97. The van der Waals surface area contributed by atoms with Crippen molar-refractivity contribution >= 4 is 33.7 Å². The number of fused-ring (bicyclic) bond motifs is 1. The maximum atomic E-state index is 5.39. The van der Waals surface area contributed by atoms with Gasteiger partial charge >= 0.3 is 0 Å². The van der Waals surface area contributed by atoms with E-state index in [-0.39, 0.29) is 0 Å². The summed E-state index contributed by atoms with van der Waals surface area (Å²) in [7, 11) is 3.30. The van der Waals surface area contributed by atoms with Crippen LogP contribution in [0.5, 0.6) is 11.5 Å². The Morgan fingerprint density at radius 2 is 1.86 bits per heavy atom. The van der Waals surface area contributed by atoms with Gasteiger partial charge < -0.3 is 9.47 Å². The SMILES string of the molecule is COc1ccc(/C=C/c2nc3ccccc3s2)c(OC)c1. The van der Waals surface area contributed by atoms with Gasteiger partial charge in [-0.2, -0.15) is 0 Å². The molecular formula is C17H15NO2S. The number of hydrogen-bond donors (Lipinski definition) is 0. The predicted octanol–water partition coefficient (Wildman–Crippen LogP) is 4.48. The second-order valence-electron chi connectivity index (χ2n) is 4.46. The van der Waals surface area contributed by atoms with Crippen LogP contribution >= 0.6 is 11.3 Å². The zero-order chi connectivity index (χ0) is 14.7. The lowest BCUT2D eigenvalue weighted by Crippen LogP contribution is -1.89. The van der Waals surface area contributed by atoms with Crippen molar-refractivity contribution < 1.29 is 9.47 Å². The molecule has 0 radical (unpaired) electrons. The zero-order valence-corrected chi connectivity index (χ0v) is 12.7. The molecule has 0 bridgehead atoms. The van der Waals surface area contributed by atoms with Crippen LogP contribution < -0.4 is 9.47 Å². The van der Waals surface area contributed by atoms with Gasteiger partial charge in [-0.05, 0) is 36.4 Å². The van der Waals surface area contributed by atoms with Crippen LogP contribution in [0.1, 0.15) is 10.6 Å². The summed E-state index contributed by atoms with van der Waals surface area (Å²) in [5.74, 6) is 1.57. The summed E-state index contributed by atoms with van der Waals surface area (Å²) in [6.07, 6.45) is 4.02. The molecule has 0 saturated carbocycles. The normalized spacial score (nSPS) is 11.1. The van der Waals surface area contributed by atoms with E-state index in [2.05, 4.69) is 11.1 Å². The molecule has 0 fully saturated rings. The van der Waals surface area contributed by atoms with E-state index in [1.807, 2.05) is 48.6 Å². The average molecular weight is 297 g/mol. The van der Waals surface area contributed by atoms with Gasteiger partial charge in [-0.15, -0.1) is 11.3 Å². The van der Waals surface area contributed by atoms with Crippen LogP contribution in [0.4, 0.5) is 0 Å². The summed E-state index contributed by atoms with van der Waals surface area (Å²) >= 11 is 1.67. The smallest absolute Gasteiger partial charge is 0.129 e. The Morgan fingerprint density at radius 1 is 1.00 bits per heavy atom. The Bertz CT molecular complexity index is 759. The highest BCUT2D eigenvalue weighted by Crippen LogP contribution is 2.28. The number of para-hydroxylation sites is 1. The van der Waals surface area contributed by atoms with E-state index in [0.717, 1.165) is 27.6 Å². The van der Waals surface area contributed by atoms with Crippen molar-refractivity contribution in [1.29, 1.82) is 0 Å². The standard InChI is InChI=1S/C17H15NO2S/c1-19-13-9-7-12(15(11-13)20-2)8-10-17-18-14-5-3-4-6-16(14)21-17/h3-11H,1-2H3/b10-8+. The average Bonchev–Trinajstić information content (AvgIpc) is 2.95. The minimum Gasteiger partial charge on any atom is -0.497 e. The summed E-state index contributed by atoms with van der Waals surface area (Å²) in [6.45, 7) is 0. The van der Waals surface area contributed by atoms with Crippen molar-refractivity contribution in [2.24, 2.45) is 0 Å². The molecule has 1 aromatic heterocycles. The molecule has 0 unspecified atom stereocenters. The van der Waals surface area contributed by atoms with Crippen LogP contribution in [-0.2, 0) is 0 Å². The van der Waals surface area contributed by atoms with Crippen LogP contribution in [-0.4, -0.2) is 19.2 Å². The van der Waals surface area contributed by atoms with E-state index >= 15 is 0 Å². The number of hydrogen-bond acceptors (Lipinski definition) is 4. The molecule has 0 atom stereocenters. The summed E-state index contributed by atoms with van der Waals surface area (Å²) in [4.78, 5) is 4.58. The number of benzene rings is 2. The monoisotopic (exact) mass is 297 g/mol. The minimum atomic E-state index is 0.781. The number of ether oxygens (including phenoxy) is 2. The highest BCUT2D eigenvalue weighted by molar-refractivity contribution is 7.19. The maximum Gasteiger partial charge on any atom is 0.129 e. The van der Waals surface area contributed by atoms with E-state index in [1.165, 1.54) is 4.70 Å². The molecule has 0 aliphatic rings. The quantitative estimate of drug-likeness (QED) is 0.711. The van der Waals surface area contributed by atoms with Crippen LogP contribution in [0.2, 0.25) is 0 Å². The van der Waals surface area contributed by atoms with Gasteiger partial charge in [0.2, 0.25) is 0 Å². The Labute approximate surface area is 127 Å². The second-order valence-corrected chi connectivity index (χ2v) is 5.52. The maximum absolute atomic E-state index is 5.39. The number of rotatable bonds is 4. The highest BCUT2D eigenvalue weighted by Gasteiger charge is 2.03. The number of thiazole rings is 1. The molecule has 0 N–H and O–H groups in total. The van der Waals surface area contributed by atoms with Gasteiger partial charge in [0.25, 0.3) is 0 Å². The van der Waals surface area contributed by atoms with Crippen LogP contribution in [0, 0.1) is 0 Å². The fourth-order valence-electron chi connectivity index (χ4n) is 2.08. The first kappa shape index (κ1) is 13.6. The largest absolute Gasteiger partial charge is 0.497 e. The van der Waals surface area contributed by atoms with E-state index in [1.54, 1.807) is 25.6 Å². The molecule has 3 nitrogen and oxygen atoms in total. The first-order valence-electron chi connectivity index (χ1n) is 6.56. The molecule has 0 aliphatic heterocycles. The van der Waals surface area contributed by atoms with E-state index in [4.69, 9.17) is 9.47 Å². The van der Waals surface area contributed by atoms with Crippen LogP contribution in [0.3, 0.4) is 0 Å². The summed E-state index contributed by atoms with van der Waals surface area (Å²) in [6, 6.07) is 13.9. The number of aromatic nitrogens is 1. The summed E-state index contributed by atoms with van der Waals surface area (Å²) < 4.78 is 11.8. The molecule has 1 heterocycles. The third-order valence-electron chi connectivity index (χ3n) is 3.16. The lowest BCUT2D eigenvalue weighted by molar-refractivity contribution is 0.394. The van der Waals surface area contributed by atoms with Gasteiger partial charge in [0.1, 0.15) is 16.5 Å². The molecule has 3 aromatic rings. The number of methoxy groups -OCH3 is 2. The topological polar surface area (TPSA) is 31.4 Å². The lowest BCUT2D eigenvalue weighted by atomic mass is 10.2. The van der Waals surface area contributed by atoms with E-state index in [0.29, 0.717) is 0 Å².